The first kappa shape index (κ1) is 19.2. The third kappa shape index (κ3) is 4.80. The lowest BCUT2D eigenvalue weighted by molar-refractivity contribution is -0.125. The van der Waals surface area contributed by atoms with E-state index < -0.39 is 15.9 Å². The highest BCUT2D eigenvalue weighted by atomic mass is 32.2. The van der Waals surface area contributed by atoms with Crippen LogP contribution in [0.25, 0.3) is 11.4 Å². The summed E-state index contributed by atoms with van der Waals surface area (Å²) in [6.45, 7) is 2.46. The van der Waals surface area contributed by atoms with E-state index in [1.54, 1.807) is 24.5 Å². The number of rotatable bonds is 7. The first-order chi connectivity index (χ1) is 13.0. The molecule has 10 nitrogen and oxygen atoms in total. The number of nitrogens with one attached hydrogen (secondary N) is 2. The summed E-state index contributed by atoms with van der Waals surface area (Å²) in [6, 6.07) is 3.52. The van der Waals surface area contributed by atoms with Gasteiger partial charge in [0.2, 0.25) is 21.8 Å². The van der Waals surface area contributed by atoms with Crippen molar-refractivity contribution >= 4 is 21.9 Å². The Balaban J connectivity index is 1.56. The number of nitrogens with zero attached hydrogens (tertiary/aromatic N) is 4. The third-order valence-corrected chi connectivity index (χ3v) is 6.31. The minimum Gasteiger partial charge on any atom is -0.313 e. The van der Waals surface area contributed by atoms with Gasteiger partial charge in [0.15, 0.2) is 0 Å². The average Bonchev–Trinajstić information content (AvgIpc) is 3.16. The van der Waals surface area contributed by atoms with Crippen molar-refractivity contribution in [1.82, 2.24) is 24.9 Å². The van der Waals surface area contributed by atoms with Crippen molar-refractivity contribution in [3.8, 4) is 11.4 Å². The Labute approximate surface area is 157 Å². The Kier molecular flexibility index (Phi) is 6.01. The van der Waals surface area contributed by atoms with Gasteiger partial charge in [0.1, 0.15) is 0 Å². The molecule has 0 bridgehead atoms. The summed E-state index contributed by atoms with van der Waals surface area (Å²) in [5, 5.41) is 3.83. The van der Waals surface area contributed by atoms with Gasteiger partial charge in [0.25, 0.3) is 0 Å². The fourth-order valence-electron chi connectivity index (χ4n) is 2.91. The van der Waals surface area contributed by atoms with E-state index in [1.165, 1.54) is 4.31 Å². The zero-order valence-electron chi connectivity index (χ0n) is 15.0. The van der Waals surface area contributed by atoms with E-state index in [0.29, 0.717) is 31.6 Å². The molecule has 2 aromatic heterocycles. The second kappa shape index (κ2) is 8.44. The number of hydrogen-bond acceptors (Lipinski definition) is 8. The summed E-state index contributed by atoms with van der Waals surface area (Å²) in [7, 11) is -3.31. The molecule has 0 aliphatic carbocycles. The van der Waals surface area contributed by atoms with Crippen LogP contribution in [0.4, 0.5) is 6.01 Å². The van der Waals surface area contributed by atoms with E-state index in [1.807, 2.05) is 6.92 Å². The molecule has 146 valence electrons. The molecule has 0 aromatic carbocycles. The summed E-state index contributed by atoms with van der Waals surface area (Å²) >= 11 is 0. The lowest BCUT2D eigenvalue weighted by Gasteiger charge is -2.31. The molecular weight excluding hydrogens is 372 g/mol. The van der Waals surface area contributed by atoms with Crippen LogP contribution in [0.2, 0.25) is 0 Å². The quantitative estimate of drug-likeness (QED) is 0.666. The molecule has 1 fully saturated rings. The second-order valence-electron chi connectivity index (χ2n) is 6.29. The molecule has 0 saturated carbocycles. The molecule has 1 aliphatic rings. The fraction of sp³-hybridized carbons (Fsp3) is 0.500. The summed E-state index contributed by atoms with van der Waals surface area (Å²) in [5.41, 5.74) is 5.84. The Morgan fingerprint density at radius 2 is 2.15 bits per heavy atom. The monoisotopic (exact) mass is 394 g/mol. The third-order valence-electron chi connectivity index (χ3n) is 4.27. The molecule has 2 aromatic rings. The smallest absolute Gasteiger partial charge is 0.313 e. The molecular formula is C16H22N6O4S. The van der Waals surface area contributed by atoms with Crippen molar-refractivity contribution in [2.24, 2.45) is 5.92 Å². The van der Waals surface area contributed by atoms with Crippen molar-refractivity contribution in [1.29, 1.82) is 0 Å². The summed E-state index contributed by atoms with van der Waals surface area (Å²) < 4.78 is 30.9. The molecule has 1 aliphatic heterocycles. The minimum atomic E-state index is -3.31. The number of piperidine rings is 1. The van der Waals surface area contributed by atoms with Crippen LogP contribution in [0.1, 0.15) is 26.2 Å². The van der Waals surface area contributed by atoms with Crippen molar-refractivity contribution in [2.75, 3.05) is 24.3 Å². The number of hydrazine groups is 1. The van der Waals surface area contributed by atoms with Crippen LogP contribution < -0.4 is 10.9 Å². The van der Waals surface area contributed by atoms with Gasteiger partial charge in [-0.25, -0.2) is 18.1 Å². The Morgan fingerprint density at radius 1 is 1.37 bits per heavy atom. The van der Waals surface area contributed by atoms with E-state index in [2.05, 4.69) is 26.0 Å². The number of sulfonamides is 1. The topological polar surface area (TPSA) is 130 Å². The lowest BCUT2D eigenvalue weighted by atomic mass is 9.99. The molecule has 1 saturated heterocycles. The van der Waals surface area contributed by atoms with Gasteiger partial charge in [-0.1, -0.05) is 12.1 Å². The Morgan fingerprint density at radius 3 is 2.89 bits per heavy atom. The first-order valence-corrected chi connectivity index (χ1v) is 10.4. The summed E-state index contributed by atoms with van der Waals surface area (Å²) in [4.78, 5) is 20.4. The van der Waals surface area contributed by atoms with E-state index in [9.17, 15) is 13.2 Å². The molecule has 27 heavy (non-hydrogen) atoms. The van der Waals surface area contributed by atoms with Crippen LogP contribution >= 0.6 is 0 Å². The number of carbonyl (C=O) groups excluding carboxylic acids is 1. The van der Waals surface area contributed by atoms with E-state index >= 15 is 0 Å². The van der Waals surface area contributed by atoms with Gasteiger partial charge >= 0.3 is 6.01 Å². The molecule has 0 radical (unpaired) electrons. The molecule has 3 rings (SSSR count). The van der Waals surface area contributed by atoms with Gasteiger partial charge in [0.05, 0.1) is 11.7 Å². The van der Waals surface area contributed by atoms with E-state index in [-0.39, 0.29) is 24.2 Å². The number of anilines is 1. The highest BCUT2D eigenvalue weighted by Crippen LogP contribution is 2.20. The molecule has 1 unspecified atom stereocenters. The molecule has 1 amide bonds. The van der Waals surface area contributed by atoms with Crippen molar-refractivity contribution in [2.45, 2.75) is 26.2 Å². The van der Waals surface area contributed by atoms with Gasteiger partial charge in [-0.15, -0.1) is 0 Å². The van der Waals surface area contributed by atoms with Crippen LogP contribution in [0.5, 0.6) is 0 Å². The second-order valence-corrected chi connectivity index (χ2v) is 8.37. The highest BCUT2D eigenvalue weighted by molar-refractivity contribution is 7.89. The minimum absolute atomic E-state index is 0.0430. The van der Waals surface area contributed by atoms with Gasteiger partial charge in [0, 0.05) is 31.0 Å². The maximum absolute atomic E-state index is 12.4. The van der Waals surface area contributed by atoms with E-state index in [4.69, 9.17) is 4.52 Å². The summed E-state index contributed by atoms with van der Waals surface area (Å²) in [6.07, 6.45) is 5.05. The largest absolute Gasteiger partial charge is 0.340 e. The van der Waals surface area contributed by atoms with Crippen LogP contribution in [-0.2, 0) is 14.8 Å². The first-order valence-electron chi connectivity index (χ1n) is 8.77. The standard InChI is InChI=1S/C16H22N6O4S/c1-2-10-27(24,25)22-9-3-4-13(11-22)15(23)19-20-16-18-14(21-26-16)12-5-7-17-8-6-12/h5-8,13H,2-4,9-11H2,1H3,(H,19,23)(H,18,20,21). The fourth-order valence-corrected chi connectivity index (χ4v) is 4.49. The van der Waals surface area contributed by atoms with Crippen LogP contribution in [-0.4, -0.2) is 52.6 Å². The van der Waals surface area contributed by atoms with Crippen LogP contribution in [0.15, 0.2) is 29.0 Å². The van der Waals surface area contributed by atoms with E-state index in [0.717, 1.165) is 5.56 Å². The van der Waals surface area contributed by atoms with Gasteiger partial charge in [-0.05, 0) is 31.4 Å². The molecule has 0 spiro atoms. The maximum atomic E-state index is 12.4. The molecule has 1 atom stereocenters. The SMILES string of the molecule is CCCS(=O)(=O)N1CCCC(C(=O)NNc2nc(-c3ccncc3)no2)C1. The van der Waals surface area contributed by atoms with Gasteiger partial charge in [-0.3, -0.25) is 15.2 Å². The number of pyridine rings is 1. The number of hydrogen-bond donors (Lipinski definition) is 2. The Hall–Kier alpha value is -2.53. The molecule has 2 N–H and O–H groups in total. The van der Waals surface area contributed by atoms with Crippen molar-refractivity contribution in [3.05, 3.63) is 24.5 Å². The Bertz CT molecular complexity index is 870. The summed E-state index contributed by atoms with van der Waals surface area (Å²) in [5.74, 6) is -0.279. The number of amides is 1. The zero-order chi connectivity index (χ0) is 19.3. The number of carbonyl (C=O) groups is 1. The number of aromatic nitrogens is 3. The maximum Gasteiger partial charge on any atom is 0.340 e. The van der Waals surface area contributed by atoms with Gasteiger partial charge in [-0.2, -0.15) is 4.98 Å². The van der Waals surface area contributed by atoms with Crippen LogP contribution in [0, 0.1) is 5.92 Å². The molecule has 3 heterocycles. The van der Waals surface area contributed by atoms with Crippen molar-refractivity contribution < 1.29 is 17.7 Å². The molecule has 11 heteroatoms. The zero-order valence-corrected chi connectivity index (χ0v) is 15.8. The lowest BCUT2D eigenvalue weighted by Crippen LogP contribution is -2.47. The highest BCUT2D eigenvalue weighted by Gasteiger charge is 2.31. The predicted molar refractivity (Wildman–Crippen MR) is 97.7 cm³/mol. The van der Waals surface area contributed by atoms with Crippen LogP contribution in [0.3, 0.4) is 0 Å². The van der Waals surface area contributed by atoms with Crippen molar-refractivity contribution in [3.63, 3.8) is 0 Å². The van der Waals surface area contributed by atoms with Gasteiger partial charge < -0.3 is 4.52 Å². The average molecular weight is 394 g/mol. The predicted octanol–water partition coefficient (Wildman–Crippen LogP) is 1.03. The normalized spacial score (nSPS) is 18.2.